The maximum Gasteiger partial charge on any atom is 0.0992 e. The van der Waals surface area contributed by atoms with Gasteiger partial charge in [0.2, 0.25) is 0 Å². The van der Waals surface area contributed by atoms with E-state index < -0.39 is 0 Å². The van der Waals surface area contributed by atoms with Crippen LogP contribution in [0.15, 0.2) is 45.3 Å². The van der Waals surface area contributed by atoms with Crippen molar-refractivity contribution in [2.24, 2.45) is 0 Å². The zero-order valence-corrected chi connectivity index (χ0v) is 12.8. The molecule has 0 fully saturated rings. The third-order valence-electron chi connectivity index (χ3n) is 2.36. The molecule has 2 aromatic carbocycles. The molecular formula is C14H10Br2N2. The summed E-state index contributed by atoms with van der Waals surface area (Å²) in [6.45, 7) is 2.04. The Morgan fingerprint density at radius 1 is 0.944 bits per heavy atom. The Balaban J connectivity index is 2.34. The molecule has 0 heterocycles. The molecule has 0 bridgehead atoms. The summed E-state index contributed by atoms with van der Waals surface area (Å²) in [7, 11) is 0. The van der Waals surface area contributed by atoms with Crippen LogP contribution >= 0.6 is 31.9 Å². The molecule has 0 spiro atoms. The standard InChI is InChI=1S/C14H10Br2N2/c1-9-2-11(15)6-13(3-9)18-14-5-10(8-17)4-12(16)7-14/h2-7,18H,1H3. The summed E-state index contributed by atoms with van der Waals surface area (Å²) in [4.78, 5) is 0. The molecule has 0 saturated carbocycles. The molecule has 0 unspecified atom stereocenters. The van der Waals surface area contributed by atoms with Gasteiger partial charge < -0.3 is 5.32 Å². The highest BCUT2D eigenvalue weighted by Crippen LogP contribution is 2.25. The van der Waals surface area contributed by atoms with E-state index in [1.54, 1.807) is 6.07 Å². The fraction of sp³-hybridized carbons (Fsp3) is 0.0714. The van der Waals surface area contributed by atoms with E-state index in [0.717, 1.165) is 20.3 Å². The Kier molecular flexibility index (Phi) is 4.05. The highest BCUT2D eigenvalue weighted by molar-refractivity contribution is 9.10. The van der Waals surface area contributed by atoms with Gasteiger partial charge in [-0.15, -0.1) is 0 Å². The second-order valence-electron chi connectivity index (χ2n) is 3.98. The van der Waals surface area contributed by atoms with Gasteiger partial charge in [-0.1, -0.05) is 31.9 Å². The predicted molar refractivity (Wildman–Crippen MR) is 81.0 cm³/mol. The fourth-order valence-corrected chi connectivity index (χ4v) is 2.80. The average molecular weight is 366 g/mol. The zero-order valence-electron chi connectivity index (χ0n) is 9.67. The van der Waals surface area contributed by atoms with Crippen LogP contribution in [0.5, 0.6) is 0 Å². The first-order chi connectivity index (χ1) is 8.56. The molecule has 2 nitrogen and oxygen atoms in total. The molecule has 2 aromatic rings. The minimum atomic E-state index is 0.624. The Bertz CT molecular complexity index is 610. The van der Waals surface area contributed by atoms with E-state index in [2.05, 4.69) is 49.3 Å². The van der Waals surface area contributed by atoms with Crippen molar-refractivity contribution < 1.29 is 0 Å². The first-order valence-corrected chi connectivity index (χ1v) is 6.90. The van der Waals surface area contributed by atoms with Crippen LogP contribution in [0.25, 0.3) is 0 Å². The Morgan fingerprint density at radius 2 is 1.56 bits per heavy atom. The maximum atomic E-state index is 8.93. The van der Waals surface area contributed by atoms with Crippen LogP contribution in [0.4, 0.5) is 11.4 Å². The average Bonchev–Trinajstić information content (AvgIpc) is 2.26. The summed E-state index contributed by atoms with van der Waals surface area (Å²) >= 11 is 6.86. The van der Waals surface area contributed by atoms with E-state index in [0.29, 0.717) is 5.56 Å². The largest absolute Gasteiger partial charge is 0.355 e. The summed E-state index contributed by atoms with van der Waals surface area (Å²) in [5.74, 6) is 0. The summed E-state index contributed by atoms with van der Waals surface area (Å²) < 4.78 is 1.91. The summed E-state index contributed by atoms with van der Waals surface area (Å²) in [5.41, 5.74) is 3.67. The molecule has 0 atom stereocenters. The van der Waals surface area contributed by atoms with Crippen LogP contribution in [0.2, 0.25) is 0 Å². The first-order valence-electron chi connectivity index (χ1n) is 5.32. The van der Waals surface area contributed by atoms with Gasteiger partial charge in [0.1, 0.15) is 0 Å². The van der Waals surface area contributed by atoms with Crippen molar-refractivity contribution in [2.75, 3.05) is 5.32 Å². The number of anilines is 2. The van der Waals surface area contributed by atoms with E-state index in [9.17, 15) is 0 Å². The van der Waals surface area contributed by atoms with E-state index in [4.69, 9.17) is 5.26 Å². The maximum absolute atomic E-state index is 8.93. The second kappa shape index (κ2) is 5.55. The lowest BCUT2D eigenvalue weighted by atomic mass is 10.2. The molecule has 0 radical (unpaired) electrons. The van der Waals surface area contributed by atoms with Crippen molar-refractivity contribution in [1.82, 2.24) is 0 Å². The Hall–Kier alpha value is -1.31. The molecule has 0 aliphatic heterocycles. The van der Waals surface area contributed by atoms with Gasteiger partial charge in [0.15, 0.2) is 0 Å². The topological polar surface area (TPSA) is 35.8 Å². The summed E-state index contributed by atoms with van der Waals surface area (Å²) in [5, 5.41) is 12.2. The molecule has 0 aliphatic carbocycles. The quantitative estimate of drug-likeness (QED) is 0.800. The second-order valence-corrected chi connectivity index (χ2v) is 5.81. The third kappa shape index (κ3) is 3.34. The lowest BCUT2D eigenvalue weighted by molar-refractivity contribution is 1.42. The van der Waals surface area contributed by atoms with Gasteiger partial charge >= 0.3 is 0 Å². The molecule has 0 aromatic heterocycles. The van der Waals surface area contributed by atoms with Gasteiger partial charge in [0.05, 0.1) is 11.6 Å². The number of rotatable bonds is 2. The van der Waals surface area contributed by atoms with Crippen LogP contribution in [-0.2, 0) is 0 Å². The highest BCUT2D eigenvalue weighted by Gasteiger charge is 2.01. The molecule has 0 amide bonds. The number of hydrogen-bond acceptors (Lipinski definition) is 2. The minimum absolute atomic E-state index is 0.624. The summed E-state index contributed by atoms with van der Waals surface area (Å²) in [6.07, 6.45) is 0. The molecule has 4 heteroatoms. The van der Waals surface area contributed by atoms with E-state index in [-0.39, 0.29) is 0 Å². The first kappa shape index (κ1) is 13.1. The van der Waals surface area contributed by atoms with Crippen molar-refractivity contribution >= 4 is 43.2 Å². The normalized spacial score (nSPS) is 9.89. The van der Waals surface area contributed by atoms with Gasteiger partial charge in [-0.3, -0.25) is 0 Å². The molecule has 2 rings (SSSR count). The highest BCUT2D eigenvalue weighted by atomic mass is 79.9. The molecule has 1 N–H and O–H groups in total. The van der Waals surface area contributed by atoms with Crippen molar-refractivity contribution in [3.8, 4) is 6.07 Å². The Morgan fingerprint density at radius 3 is 2.17 bits per heavy atom. The van der Waals surface area contributed by atoms with Gasteiger partial charge in [-0.05, 0) is 48.9 Å². The van der Waals surface area contributed by atoms with Gasteiger partial charge in [-0.2, -0.15) is 5.26 Å². The van der Waals surface area contributed by atoms with Crippen LogP contribution in [-0.4, -0.2) is 0 Å². The van der Waals surface area contributed by atoms with Crippen LogP contribution in [0.3, 0.4) is 0 Å². The smallest absolute Gasteiger partial charge is 0.0992 e. The van der Waals surface area contributed by atoms with Crippen LogP contribution < -0.4 is 5.32 Å². The van der Waals surface area contributed by atoms with Crippen molar-refractivity contribution in [1.29, 1.82) is 5.26 Å². The molecule has 90 valence electrons. The van der Waals surface area contributed by atoms with E-state index >= 15 is 0 Å². The number of benzene rings is 2. The molecule has 0 saturated heterocycles. The van der Waals surface area contributed by atoms with Gasteiger partial charge in [-0.25, -0.2) is 0 Å². The van der Waals surface area contributed by atoms with Crippen molar-refractivity contribution in [3.63, 3.8) is 0 Å². The minimum Gasteiger partial charge on any atom is -0.355 e. The SMILES string of the molecule is Cc1cc(Br)cc(Nc2cc(Br)cc(C#N)c2)c1. The molecule has 18 heavy (non-hydrogen) atoms. The van der Waals surface area contributed by atoms with E-state index in [1.807, 2.05) is 31.2 Å². The number of nitrogens with zero attached hydrogens (tertiary/aromatic N) is 1. The molecule has 0 aliphatic rings. The third-order valence-corrected chi connectivity index (χ3v) is 3.27. The number of hydrogen-bond donors (Lipinski definition) is 1. The van der Waals surface area contributed by atoms with Crippen LogP contribution in [0, 0.1) is 18.3 Å². The van der Waals surface area contributed by atoms with Gasteiger partial charge in [0, 0.05) is 20.3 Å². The predicted octanol–water partition coefficient (Wildman–Crippen LogP) is 5.14. The monoisotopic (exact) mass is 364 g/mol. The van der Waals surface area contributed by atoms with E-state index in [1.165, 1.54) is 5.56 Å². The number of aryl methyl sites for hydroxylation is 1. The molecular weight excluding hydrogens is 356 g/mol. The number of nitriles is 1. The van der Waals surface area contributed by atoms with Crippen molar-refractivity contribution in [2.45, 2.75) is 6.92 Å². The Labute approximate surface area is 123 Å². The zero-order chi connectivity index (χ0) is 13.1. The van der Waals surface area contributed by atoms with Gasteiger partial charge in [0.25, 0.3) is 0 Å². The lowest BCUT2D eigenvalue weighted by Gasteiger charge is -2.09. The lowest BCUT2D eigenvalue weighted by Crippen LogP contribution is -1.92. The fourth-order valence-electron chi connectivity index (χ4n) is 1.70. The van der Waals surface area contributed by atoms with Crippen molar-refractivity contribution in [3.05, 3.63) is 56.5 Å². The number of nitrogens with one attached hydrogen (secondary N) is 1. The van der Waals surface area contributed by atoms with Crippen LogP contribution in [0.1, 0.15) is 11.1 Å². The number of halogens is 2. The summed E-state index contributed by atoms with van der Waals surface area (Å²) in [6, 6.07) is 13.8.